The minimum atomic E-state index is -0.504. The second-order valence-corrected chi connectivity index (χ2v) is 9.64. The summed E-state index contributed by atoms with van der Waals surface area (Å²) in [6.45, 7) is 5.62. The second-order valence-electron chi connectivity index (χ2n) is 9.64. The van der Waals surface area contributed by atoms with Gasteiger partial charge in [0.15, 0.2) is 23.0 Å². The molecule has 7 heteroatoms. The van der Waals surface area contributed by atoms with Crippen LogP contribution in [0.5, 0.6) is 23.0 Å². The third-order valence-corrected chi connectivity index (χ3v) is 7.74. The number of rotatable bonds is 3. The molecule has 33 heavy (non-hydrogen) atoms. The molecule has 0 bridgehead atoms. The van der Waals surface area contributed by atoms with Gasteiger partial charge in [0.25, 0.3) is 0 Å². The van der Waals surface area contributed by atoms with Crippen LogP contribution >= 0.6 is 0 Å². The van der Waals surface area contributed by atoms with E-state index in [0.29, 0.717) is 18.6 Å². The lowest BCUT2D eigenvalue weighted by Crippen LogP contribution is -2.52. The van der Waals surface area contributed by atoms with Crippen LogP contribution in [0.2, 0.25) is 0 Å². The smallest absolute Gasteiger partial charge is 0.302 e. The van der Waals surface area contributed by atoms with Gasteiger partial charge in [-0.25, -0.2) is 0 Å². The van der Waals surface area contributed by atoms with Gasteiger partial charge in [0.1, 0.15) is 11.9 Å². The van der Waals surface area contributed by atoms with Crippen molar-refractivity contribution in [1.29, 1.82) is 0 Å². The number of carbonyl (C=O) groups is 2. The zero-order valence-electron chi connectivity index (χ0n) is 18.9. The van der Waals surface area contributed by atoms with Gasteiger partial charge in [0.2, 0.25) is 13.6 Å². The van der Waals surface area contributed by atoms with Crippen LogP contribution < -0.4 is 18.9 Å². The minimum Gasteiger partial charge on any atom is -0.461 e. The van der Waals surface area contributed by atoms with Crippen LogP contribution in [0, 0.1) is 0 Å². The molecular formula is C26H26O7. The number of hydrogen-bond acceptors (Lipinski definition) is 7. The van der Waals surface area contributed by atoms with Gasteiger partial charge in [0.05, 0.1) is 0 Å². The van der Waals surface area contributed by atoms with E-state index in [1.807, 2.05) is 12.1 Å². The third-order valence-electron chi connectivity index (χ3n) is 7.74. The van der Waals surface area contributed by atoms with Crippen molar-refractivity contribution in [2.45, 2.75) is 63.4 Å². The zero-order chi connectivity index (χ0) is 22.9. The van der Waals surface area contributed by atoms with E-state index in [0.717, 1.165) is 40.4 Å². The molecule has 0 radical (unpaired) electrons. The number of ketones is 1. The fourth-order valence-electron chi connectivity index (χ4n) is 6.36. The summed E-state index contributed by atoms with van der Waals surface area (Å²) in [6, 6.07) is 8.09. The van der Waals surface area contributed by atoms with Crippen LogP contribution in [0.3, 0.4) is 0 Å². The van der Waals surface area contributed by atoms with Crippen LogP contribution in [0.4, 0.5) is 0 Å². The van der Waals surface area contributed by atoms with Gasteiger partial charge in [-0.2, -0.15) is 0 Å². The van der Waals surface area contributed by atoms with Gasteiger partial charge in [-0.1, -0.05) is 13.0 Å². The Morgan fingerprint density at radius 2 is 1.76 bits per heavy atom. The van der Waals surface area contributed by atoms with Crippen molar-refractivity contribution >= 4 is 11.8 Å². The third kappa shape index (κ3) is 2.94. The molecule has 4 atom stereocenters. The molecule has 0 saturated heterocycles. The number of esters is 1. The van der Waals surface area contributed by atoms with Crippen molar-refractivity contribution in [2.24, 2.45) is 0 Å². The summed E-state index contributed by atoms with van der Waals surface area (Å²) in [7, 11) is 0. The lowest BCUT2D eigenvalue weighted by atomic mass is 9.53. The molecule has 172 valence electrons. The van der Waals surface area contributed by atoms with E-state index < -0.39 is 5.41 Å². The molecule has 0 fully saturated rings. The highest BCUT2D eigenvalue weighted by Crippen LogP contribution is 2.61. The SMILES string of the molecule is CC(=O)C[C@@H]1C[C@H]2c3cc4c(cc3C[C@@H](OC(C)=O)[C@@]2(C)c2ccc3c(c21)OCO3)OCO4. The monoisotopic (exact) mass is 450 g/mol. The summed E-state index contributed by atoms with van der Waals surface area (Å²) in [6.07, 6.45) is 1.35. The molecule has 7 nitrogen and oxygen atoms in total. The van der Waals surface area contributed by atoms with Crippen molar-refractivity contribution in [3.8, 4) is 23.0 Å². The van der Waals surface area contributed by atoms with Gasteiger partial charge < -0.3 is 28.5 Å². The molecule has 2 aliphatic carbocycles. The van der Waals surface area contributed by atoms with E-state index in [2.05, 4.69) is 19.1 Å². The maximum atomic E-state index is 12.3. The number of benzene rings is 2. The quantitative estimate of drug-likeness (QED) is 0.650. The van der Waals surface area contributed by atoms with E-state index in [4.69, 9.17) is 23.7 Å². The Morgan fingerprint density at radius 3 is 2.52 bits per heavy atom. The summed E-state index contributed by atoms with van der Waals surface area (Å²) in [5.41, 5.74) is 3.83. The Hall–Kier alpha value is -3.22. The largest absolute Gasteiger partial charge is 0.461 e. The molecule has 0 spiro atoms. The van der Waals surface area contributed by atoms with Crippen molar-refractivity contribution in [3.63, 3.8) is 0 Å². The lowest BCUT2D eigenvalue weighted by Gasteiger charge is -2.52. The predicted molar refractivity (Wildman–Crippen MR) is 117 cm³/mol. The lowest BCUT2D eigenvalue weighted by molar-refractivity contribution is -0.151. The van der Waals surface area contributed by atoms with Crippen molar-refractivity contribution in [2.75, 3.05) is 13.6 Å². The number of fused-ring (bicyclic) bond motifs is 8. The number of carbonyl (C=O) groups excluding carboxylic acids is 2. The molecule has 0 amide bonds. The first-order valence-electron chi connectivity index (χ1n) is 11.4. The van der Waals surface area contributed by atoms with Gasteiger partial charge in [-0.15, -0.1) is 0 Å². The Kier molecular flexibility index (Phi) is 4.41. The maximum Gasteiger partial charge on any atom is 0.302 e. The summed E-state index contributed by atoms with van der Waals surface area (Å²) in [5.74, 6) is 2.70. The minimum absolute atomic E-state index is 0.0253. The summed E-state index contributed by atoms with van der Waals surface area (Å²) in [5, 5.41) is 0. The van der Waals surface area contributed by atoms with E-state index in [9.17, 15) is 9.59 Å². The van der Waals surface area contributed by atoms with Crippen molar-refractivity contribution in [1.82, 2.24) is 0 Å². The zero-order valence-corrected chi connectivity index (χ0v) is 18.9. The summed E-state index contributed by atoms with van der Waals surface area (Å²) < 4.78 is 28.9. The molecule has 2 aromatic rings. The fourth-order valence-corrected chi connectivity index (χ4v) is 6.36. The highest BCUT2D eigenvalue weighted by Gasteiger charge is 2.55. The van der Waals surface area contributed by atoms with Crippen molar-refractivity contribution in [3.05, 3.63) is 46.5 Å². The van der Waals surface area contributed by atoms with Crippen molar-refractivity contribution < 1.29 is 33.3 Å². The number of ether oxygens (including phenoxy) is 5. The first-order valence-corrected chi connectivity index (χ1v) is 11.4. The highest BCUT2D eigenvalue weighted by atomic mass is 16.7. The number of Topliss-reactive ketones (excluding diaryl/α,β-unsaturated/α-hetero) is 1. The fraction of sp³-hybridized carbons (Fsp3) is 0.462. The summed E-state index contributed by atoms with van der Waals surface area (Å²) >= 11 is 0. The average molecular weight is 450 g/mol. The number of hydrogen-bond donors (Lipinski definition) is 0. The van der Waals surface area contributed by atoms with E-state index >= 15 is 0 Å². The van der Waals surface area contributed by atoms with Crippen LogP contribution in [-0.2, 0) is 26.2 Å². The molecule has 4 aliphatic rings. The first-order chi connectivity index (χ1) is 15.9. The topological polar surface area (TPSA) is 80.3 Å². The standard InChI is InChI=1S/C26H26O7/c1-13(27)6-16-7-19-17-10-22-21(30-11-31-22)8-15(17)9-23(33-14(2)28)26(19,3)18-4-5-20-25(24(16)18)32-12-29-20/h4-5,8,10,16,19,23H,6-7,9,11-12H2,1-3H3/t16-,19+,23-,26+/m1/s1. The first kappa shape index (κ1) is 20.4. The van der Waals surface area contributed by atoms with Crippen LogP contribution in [0.25, 0.3) is 0 Å². The predicted octanol–water partition coefficient (Wildman–Crippen LogP) is 4.14. The Bertz CT molecular complexity index is 1190. The molecule has 6 rings (SSSR count). The van der Waals surface area contributed by atoms with E-state index in [1.165, 1.54) is 12.5 Å². The second kappa shape index (κ2) is 7.14. The van der Waals surface area contributed by atoms with Crippen LogP contribution in [0.1, 0.15) is 67.7 Å². The Labute approximate surface area is 191 Å². The van der Waals surface area contributed by atoms with Gasteiger partial charge >= 0.3 is 5.97 Å². The molecule has 0 unspecified atom stereocenters. The molecule has 2 heterocycles. The molecule has 0 N–H and O–H groups in total. The van der Waals surface area contributed by atoms with Gasteiger partial charge in [0, 0.05) is 30.7 Å². The van der Waals surface area contributed by atoms with Gasteiger partial charge in [-0.3, -0.25) is 4.79 Å². The Balaban J connectivity index is 1.59. The normalized spacial score (nSPS) is 27.9. The molecular weight excluding hydrogens is 424 g/mol. The van der Waals surface area contributed by atoms with E-state index in [-0.39, 0.29) is 43.3 Å². The van der Waals surface area contributed by atoms with Crippen LogP contribution in [0.15, 0.2) is 24.3 Å². The molecule has 0 aromatic heterocycles. The Morgan fingerprint density at radius 1 is 1.03 bits per heavy atom. The molecule has 2 aromatic carbocycles. The molecule has 0 saturated carbocycles. The molecule has 2 aliphatic heterocycles. The van der Waals surface area contributed by atoms with E-state index in [1.54, 1.807) is 6.92 Å². The highest BCUT2D eigenvalue weighted by molar-refractivity contribution is 5.77. The average Bonchev–Trinajstić information content (AvgIpc) is 3.41. The van der Waals surface area contributed by atoms with Crippen LogP contribution in [-0.4, -0.2) is 31.4 Å². The van der Waals surface area contributed by atoms with Gasteiger partial charge in [-0.05, 0) is 60.1 Å². The summed E-state index contributed by atoms with van der Waals surface area (Å²) in [4.78, 5) is 24.5. The maximum absolute atomic E-state index is 12.3.